The number of rotatable bonds is 5. The van der Waals surface area contributed by atoms with Crippen molar-refractivity contribution in [1.82, 2.24) is 9.78 Å². The molecule has 0 aliphatic rings. The summed E-state index contributed by atoms with van der Waals surface area (Å²) in [5.41, 5.74) is 3.07. The first-order valence-electron chi connectivity index (χ1n) is 8.66. The summed E-state index contributed by atoms with van der Waals surface area (Å²) in [6.07, 6.45) is 0. The molecule has 0 unspecified atom stereocenters. The summed E-state index contributed by atoms with van der Waals surface area (Å²) >= 11 is 3.42. The SMILES string of the molecule is CC(C)c1ccc(NC(=O)Cn2nc(-c3cccc(Br)c3)ccc2=O)cc1. The van der Waals surface area contributed by atoms with Gasteiger partial charge in [-0.1, -0.05) is 54.0 Å². The van der Waals surface area contributed by atoms with Gasteiger partial charge in [-0.25, -0.2) is 4.68 Å². The second-order valence-electron chi connectivity index (χ2n) is 6.55. The Kier molecular flexibility index (Phi) is 5.86. The lowest BCUT2D eigenvalue weighted by Crippen LogP contribution is -2.29. The highest BCUT2D eigenvalue weighted by molar-refractivity contribution is 9.10. The van der Waals surface area contributed by atoms with Gasteiger partial charge in [0.2, 0.25) is 5.91 Å². The molecular weight excluding hydrogens is 406 g/mol. The van der Waals surface area contributed by atoms with Crippen molar-refractivity contribution in [3.05, 3.63) is 81.1 Å². The van der Waals surface area contributed by atoms with Crippen molar-refractivity contribution in [2.75, 3.05) is 5.32 Å². The molecule has 0 bridgehead atoms. The number of aromatic nitrogens is 2. The Labute approximate surface area is 166 Å². The van der Waals surface area contributed by atoms with Gasteiger partial charge in [-0.15, -0.1) is 0 Å². The van der Waals surface area contributed by atoms with Crippen LogP contribution in [0.15, 0.2) is 69.9 Å². The molecule has 6 heteroatoms. The molecule has 1 aromatic heterocycles. The predicted molar refractivity (Wildman–Crippen MR) is 111 cm³/mol. The molecule has 1 heterocycles. The van der Waals surface area contributed by atoms with Gasteiger partial charge < -0.3 is 5.32 Å². The number of nitrogens with zero attached hydrogens (tertiary/aromatic N) is 2. The van der Waals surface area contributed by atoms with Crippen LogP contribution in [0.25, 0.3) is 11.3 Å². The first-order valence-corrected chi connectivity index (χ1v) is 9.45. The summed E-state index contributed by atoms with van der Waals surface area (Å²) in [6.45, 7) is 4.08. The van der Waals surface area contributed by atoms with Crippen LogP contribution in [0.5, 0.6) is 0 Å². The molecule has 5 nitrogen and oxygen atoms in total. The lowest BCUT2D eigenvalue weighted by molar-refractivity contribution is -0.117. The van der Waals surface area contributed by atoms with E-state index in [9.17, 15) is 9.59 Å². The molecule has 0 fully saturated rings. The number of hydrogen-bond donors (Lipinski definition) is 1. The zero-order chi connectivity index (χ0) is 19.4. The molecule has 3 aromatic rings. The normalized spacial score (nSPS) is 10.8. The zero-order valence-electron chi connectivity index (χ0n) is 15.1. The number of nitrogens with one attached hydrogen (secondary N) is 1. The van der Waals surface area contributed by atoms with Crippen molar-refractivity contribution in [3.8, 4) is 11.3 Å². The first kappa shape index (κ1) is 19.0. The van der Waals surface area contributed by atoms with E-state index in [0.717, 1.165) is 10.0 Å². The average Bonchev–Trinajstić information content (AvgIpc) is 2.64. The second-order valence-corrected chi connectivity index (χ2v) is 7.47. The number of benzene rings is 2. The van der Waals surface area contributed by atoms with Crippen LogP contribution < -0.4 is 10.9 Å². The topological polar surface area (TPSA) is 64.0 Å². The van der Waals surface area contributed by atoms with Gasteiger partial charge in [-0.3, -0.25) is 9.59 Å². The van der Waals surface area contributed by atoms with Crippen LogP contribution in [0, 0.1) is 0 Å². The minimum absolute atomic E-state index is 0.146. The third kappa shape index (κ3) is 4.92. The Morgan fingerprint density at radius 1 is 1.11 bits per heavy atom. The smallest absolute Gasteiger partial charge is 0.267 e. The highest BCUT2D eigenvalue weighted by Crippen LogP contribution is 2.20. The summed E-state index contributed by atoms with van der Waals surface area (Å²) < 4.78 is 2.09. The molecule has 3 rings (SSSR count). The second kappa shape index (κ2) is 8.31. The Balaban J connectivity index is 1.75. The summed E-state index contributed by atoms with van der Waals surface area (Å²) in [5, 5.41) is 7.13. The Bertz CT molecular complexity index is 1010. The molecule has 0 saturated heterocycles. The Hall–Kier alpha value is -2.73. The molecule has 1 N–H and O–H groups in total. The fourth-order valence-electron chi connectivity index (χ4n) is 2.65. The lowest BCUT2D eigenvalue weighted by Gasteiger charge is -2.10. The predicted octanol–water partition coefficient (Wildman–Crippen LogP) is 4.43. The van der Waals surface area contributed by atoms with Crippen molar-refractivity contribution in [2.24, 2.45) is 0 Å². The van der Waals surface area contributed by atoms with Crippen LogP contribution in [-0.4, -0.2) is 15.7 Å². The van der Waals surface area contributed by atoms with Crippen LogP contribution in [0.4, 0.5) is 5.69 Å². The maximum Gasteiger partial charge on any atom is 0.267 e. The number of carbonyl (C=O) groups is 1. The quantitative estimate of drug-likeness (QED) is 0.657. The van der Waals surface area contributed by atoms with Crippen LogP contribution >= 0.6 is 15.9 Å². The fraction of sp³-hybridized carbons (Fsp3) is 0.190. The largest absolute Gasteiger partial charge is 0.324 e. The third-order valence-corrected chi connectivity index (χ3v) is 4.63. The van der Waals surface area contributed by atoms with Gasteiger partial charge in [0.05, 0.1) is 5.69 Å². The van der Waals surface area contributed by atoms with Gasteiger partial charge in [-0.05, 0) is 41.8 Å². The van der Waals surface area contributed by atoms with Crippen molar-refractivity contribution in [1.29, 1.82) is 0 Å². The Morgan fingerprint density at radius 2 is 1.85 bits per heavy atom. The molecule has 0 spiro atoms. The molecule has 0 saturated carbocycles. The van der Waals surface area contributed by atoms with Gasteiger partial charge in [-0.2, -0.15) is 5.10 Å². The van der Waals surface area contributed by atoms with Crippen molar-refractivity contribution < 1.29 is 4.79 Å². The summed E-state index contributed by atoms with van der Waals surface area (Å²) in [6, 6.07) is 18.4. The van der Waals surface area contributed by atoms with E-state index in [-0.39, 0.29) is 18.0 Å². The molecule has 0 atom stereocenters. The van der Waals surface area contributed by atoms with E-state index in [1.807, 2.05) is 48.5 Å². The fourth-order valence-corrected chi connectivity index (χ4v) is 3.05. The standard InChI is InChI=1S/C21H20BrN3O2/c1-14(2)15-6-8-18(9-7-15)23-20(26)13-25-21(27)11-10-19(24-25)16-4-3-5-17(22)12-16/h3-12,14H,13H2,1-2H3,(H,23,26). The van der Waals surface area contributed by atoms with E-state index >= 15 is 0 Å². The monoisotopic (exact) mass is 425 g/mol. The molecular formula is C21H20BrN3O2. The van der Waals surface area contributed by atoms with Crippen molar-refractivity contribution >= 4 is 27.5 Å². The number of halogens is 1. The molecule has 0 aliphatic heterocycles. The van der Waals surface area contributed by atoms with E-state index in [0.29, 0.717) is 17.3 Å². The van der Waals surface area contributed by atoms with E-state index < -0.39 is 0 Å². The number of hydrogen-bond acceptors (Lipinski definition) is 3. The average molecular weight is 426 g/mol. The maximum absolute atomic E-state index is 12.3. The number of amides is 1. The maximum atomic E-state index is 12.3. The minimum Gasteiger partial charge on any atom is -0.324 e. The highest BCUT2D eigenvalue weighted by atomic mass is 79.9. The van der Waals surface area contributed by atoms with Crippen LogP contribution in [0.3, 0.4) is 0 Å². The van der Waals surface area contributed by atoms with Crippen LogP contribution in [0.1, 0.15) is 25.3 Å². The molecule has 27 heavy (non-hydrogen) atoms. The zero-order valence-corrected chi connectivity index (χ0v) is 16.7. The molecule has 1 amide bonds. The van der Waals surface area contributed by atoms with Crippen molar-refractivity contribution in [2.45, 2.75) is 26.3 Å². The summed E-state index contributed by atoms with van der Waals surface area (Å²) in [5.74, 6) is 0.131. The number of carbonyl (C=O) groups excluding carboxylic acids is 1. The van der Waals surface area contributed by atoms with Crippen molar-refractivity contribution in [3.63, 3.8) is 0 Å². The Morgan fingerprint density at radius 3 is 2.52 bits per heavy atom. The molecule has 0 aliphatic carbocycles. The molecule has 2 aromatic carbocycles. The van der Waals surface area contributed by atoms with Crippen LogP contribution in [0.2, 0.25) is 0 Å². The summed E-state index contributed by atoms with van der Waals surface area (Å²) in [7, 11) is 0. The number of anilines is 1. The van der Waals surface area contributed by atoms with Gasteiger partial charge in [0.25, 0.3) is 5.56 Å². The van der Waals surface area contributed by atoms with E-state index in [4.69, 9.17) is 0 Å². The van der Waals surface area contributed by atoms with Gasteiger partial charge in [0.15, 0.2) is 0 Å². The van der Waals surface area contributed by atoms with Gasteiger partial charge in [0.1, 0.15) is 6.54 Å². The van der Waals surface area contributed by atoms with E-state index in [1.54, 1.807) is 6.07 Å². The van der Waals surface area contributed by atoms with E-state index in [2.05, 4.69) is 40.2 Å². The van der Waals surface area contributed by atoms with Gasteiger partial charge in [0, 0.05) is 21.8 Å². The first-order chi connectivity index (χ1) is 12.9. The third-order valence-electron chi connectivity index (χ3n) is 4.14. The van der Waals surface area contributed by atoms with Gasteiger partial charge >= 0.3 is 0 Å². The van der Waals surface area contributed by atoms with E-state index in [1.165, 1.54) is 16.3 Å². The summed E-state index contributed by atoms with van der Waals surface area (Å²) in [4.78, 5) is 24.4. The van der Waals surface area contributed by atoms with Crippen LogP contribution in [-0.2, 0) is 11.3 Å². The molecule has 138 valence electrons. The highest BCUT2D eigenvalue weighted by Gasteiger charge is 2.09. The minimum atomic E-state index is -0.320. The lowest BCUT2D eigenvalue weighted by atomic mass is 10.0. The molecule has 0 radical (unpaired) electrons.